The van der Waals surface area contributed by atoms with Gasteiger partial charge in [0.2, 0.25) is 5.91 Å². The molecule has 0 radical (unpaired) electrons. The maximum absolute atomic E-state index is 12.3. The van der Waals surface area contributed by atoms with Crippen LogP contribution in [0, 0.1) is 5.92 Å². The van der Waals surface area contributed by atoms with E-state index in [1.807, 2.05) is 11.9 Å². The summed E-state index contributed by atoms with van der Waals surface area (Å²) < 4.78 is 0. The summed E-state index contributed by atoms with van der Waals surface area (Å²) in [6.45, 7) is 4.21. The molecule has 0 aromatic rings. The Bertz CT molecular complexity index is 230. The average molecular weight is 226 g/mol. The minimum Gasteiger partial charge on any atom is -0.343 e. The molecule has 16 heavy (non-hydrogen) atoms. The van der Waals surface area contributed by atoms with Crippen molar-refractivity contribution in [2.75, 3.05) is 7.05 Å². The second-order valence-electron chi connectivity index (χ2n) is 5.11. The van der Waals surface area contributed by atoms with Gasteiger partial charge in [-0.3, -0.25) is 4.79 Å². The Balaban J connectivity index is 2.63. The zero-order valence-electron chi connectivity index (χ0n) is 10.9. The summed E-state index contributed by atoms with van der Waals surface area (Å²) in [4.78, 5) is 14.2. The van der Waals surface area contributed by atoms with Gasteiger partial charge in [-0.1, -0.05) is 26.2 Å². The molecule has 0 spiro atoms. The van der Waals surface area contributed by atoms with Crippen LogP contribution in [0.15, 0.2) is 0 Å². The molecule has 0 aromatic heterocycles. The molecular weight excluding hydrogens is 200 g/mol. The van der Waals surface area contributed by atoms with Crippen LogP contribution in [0.3, 0.4) is 0 Å². The fraction of sp³-hybridized carbons (Fsp3) is 0.923. The second-order valence-corrected chi connectivity index (χ2v) is 5.11. The minimum absolute atomic E-state index is 0.0569. The predicted octanol–water partition coefficient (Wildman–Crippen LogP) is 2.15. The van der Waals surface area contributed by atoms with Crippen LogP contribution in [0.1, 0.15) is 52.4 Å². The number of hydrogen-bond donors (Lipinski definition) is 1. The highest BCUT2D eigenvalue weighted by Gasteiger charge is 2.30. The summed E-state index contributed by atoms with van der Waals surface area (Å²) >= 11 is 0. The quantitative estimate of drug-likeness (QED) is 0.750. The smallest absolute Gasteiger partial charge is 0.227 e. The topological polar surface area (TPSA) is 46.3 Å². The van der Waals surface area contributed by atoms with Crippen molar-refractivity contribution in [2.45, 2.75) is 64.5 Å². The van der Waals surface area contributed by atoms with E-state index in [2.05, 4.69) is 13.8 Å². The molecule has 1 amide bonds. The zero-order chi connectivity index (χ0) is 12.1. The molecule has 3 unspecified atom stereocenters. The van der Waals surface area contributed by atoms with E-state index in [1.165, 1.54) is 12.8 Å². The normalized spacial score (nSPS) is 28.2. The van der Waals surface area contributed by atoms with Crippen LogP contribution in [-0.2, 0) is 4.79 Å². The molecule has 3 atom stereocenters. The van der Waals surface area contributed by atoms with Crippen LogP contribution in [-0.4, -0.2) is 29.9 Å². The maximum atomic E-state index is 12.3. The Labute approximate surface area is 99.4 Å². The van der Waals surface area contributed by atoms with Gasteiger partial charge in [-0.05, 0) is 26.2 Å². The lowest BCUT2D eigenvalue weighted by atomic mass is 9.93. The van der Waals surface area contributed by atoms with Crippen molar-refractivity contribution in [3.05, 3.63) is 0 Å². The number of rotatable bonds is 3. The van der Waals surface area contributed by atoms with Gasteiger partial charge in [-0.2, -0.15) is 0 Å². The Kier molecular flexibility index (Phi) is 5.26. The molecule has 0 aromatic carbocycles. The molecule has 2 N–H and O–H groups in total. The van der Waals surface area contributed by atoms with E-state index < -0.39 is 0 Å². The molecule has 1 aliphatic carbocycles. The summed E-state index contributed by atoms with van der Waals surface area (Å²) in [6.07, 6.45) is 6.54. The molecular formula is C13H26N2O. The Hall–Kier alpha value is -0.570. The Morgan fingerprint density at radius 3 is 2.62 bits per heavy atom. The average Bonchev–Trinajstić information content (AvgIpc) is 2.51. The van der Waals surface area contributed by atoms with E-state index in [0.717, 1.165) is 25.7 Å². The molecule has 0 bridgehead atoms. The van der Waals surface area contributed by atoms with Crippen LogP contribution < -0.4 is 5.73 Å². The van der Waals surface area contributed by atoms with Crippen LogP contribution in [0.5, 0.6) is 0 Å². The van der Waals surface area contributed by atoms with Crippen molar-refractivity contribution in [2.24, 2.45) is 11.7 Å². The van der Waals surface area contributed by atoms with Crippen LogP contribution in [0.25, 0.3) is 0 Å². The molecule has 1 saturated carbocycles. The fourth-order valence-corrected chi connectivity index (χ4v) is 2.40. The zero-order valence-corrected chi connectivity index (χ0v) is 10.9. The van der Waals surface area contributed by atoms with E-state index in [0.29, 0.717) is 6.04 Å². The van der Waals surface area contributed by atoms with Crippen molar-refractivity contribution in [3.8, 4) is 0 Å². The van der Waals surface area contributed by atoms with Gasteiger partial charge in [0.15, 0.2) is 0 Å². The molecule has 94 valence electrons. The molecule has 1 fully saturated rings. The van der Waals surface area contributed by atoms with E-state index in [4.69, 9.17) is 5.73 Å². The van der Waals surface area contributed by atoms with Crippen LogP contribution in [0.2, 0.25) is 0 Å². The third-order valence-corrected chi connectivity index (χ3v) is 3.99. The summed E-state index contributed by atoms with van der Waals surface area (Å²) in [5.41, 5.74) is 6.11. The third kappa shape index (κ3) is 3.21. The fourth-order valence-electron chi connectivity index (χ4n) is 2.40. The monoisotopic (exact) mass is 226 g/mol. The lowest BCUT2D eigenvalue weighted by Crippen LogP contribution is -2.45. The first-order chi connectivity index (χ1) is 7.57. The van der Waals surface area contributed by atoms with E-state index in [9.17, 15) is 4.79 Å². The largest absolute Gasteiger partial charge is 0.343 e. The standard InChI is InChI=1S/C13H26N2O/c1-4-10(2)15(3)13(16)11-8-6-5-7-9-12(11)14/h10-12H,4-9,14H2,1-3H3. The van der Waals surface area contributed by atoms with E-state index >= 15 is 0 Å². The molecule has 0 aliphatic heterocycles. The van der Waals surface area contributed by atoms with Gasteiger partial charge < -0.3 is 10.6 Å². The molecule has 3 nitrogen and oxygen atoms in total. The van der Waals surface area contributed by atoms with Crippen molar-refractivity contribution in [3.63, 3.8) is 0 Å². The summed E-state index contributed by atoms with van der Waals surface area (Å²) in [7, 11) is 1.91. The van der Waals surface area contributed by atoms with Crippen LogP contribution in [0.4, 0.5) is 0 Å². The predicted molar refractivity (Wildman–Crippen MR) is 67.1 cm³/mol. The SMILES string of the molecule is CCC(C)N(C)C(=O)C1CCCCCC1N. The molecule has 0 saturated heterocycles. The summed E-state index contributed by atoms with van der Waals surface area (Å²) in [5, 5.41) is 0. The van der Waals surface area contributed by atoms with Crippen LogP contribution >= 0.6 is 0 Å². The molecule has 1 aliphatic rings. The minimum atomic E-state index is 0.0569. The highest BCUT2D eigenvalue weighted by Crippen LogP contribution is 2.24. The first-order valence-electron chi connectivity index (χ1n) is 6.60. The molecule has 1 rings (SSSR count). The number of carbonyl (C=O) groups is 1. The van der Waals surface area contributed by atoms with Crippen molar-refractivity contribution < 1.29 is 4.79 Å². The first kappa shape index (κ1) is 13.5. The van der Waals surface area contributed by atoms with Gasteiger partial charge in [-0.25, -0.2) is 0 Å². The summed E-state index contributed by atoms with van der Waals surface area (Å²) in [5.74, 6) is 0.310. The van der Waals surface area contributed by atoms with Gasteiger partial charge in [0.1, 0.15) is 0 Å². The number of nitrogens with zero attached hydrogens (tertiary/aromatic N) is 1. The Morgan fingerprint density at radius 2 is 2.00 bits per heavy atom. The van der Waals surface area contributed by atoms with Gasteiger partial charge in [-0.15, -0.1) is 0 Å². The maximum Gasteiger partial charge on any atom is 0.227 e. The van der Waals surface area contributed by atoms with E-state index in [-0.39, 0.29) is 17.9 Å². The number of carbonyl (C=O) groups excluding carboxylic acids is 1. The lowest BCUT2D eigenvalue weighted by molar-refractivity contribution is -0.137. The third-order valence-electron chi connectivity index (χ3n) is 3.99. The van der Waals surface area contributed by atoms with Gasteiger partial charge in [0, 0.05) is 19.1 Å². The number of hydrogen-bond acceptors (Lipinski definition) is 2. The molecule has 3 heteroatoms. The van der Waals surface area contributed by atoms with Gasteiger partial charge >= 0.3 is 0 Å². The van der Waals surface area contributed by atoms with Crippen molar-refractivity contribution in [1.82, 2.24) is 4.90 Å². The first-order valence-corrected chi connectivity index (χ1v) is 6.60. The summed E-state index contributed by atoms with van der Waals surface area (Å²) in [6, 6.07) is 0.393. The van der Waals surface area contributed by atoms with Gasteiger partial charge in [0.05, 0.1) is 5.92 Å². The lowest BCUT2D eigenvalue weighted by Gasteiger charge is -2.30. The van der Waals surface area contributed by atoms with E-state index in [1.54, 1.807) is 0 Å². The second kappa shape index (κ2) is 6.24. The number of amides is 1. The molecule has 0 heterocycles. The highest BCUT2D eigenvalue weighted by atomic mass is 16.2. The van der Waals surface area contributed by atoms with Crippen molar-refractivity contribution >= 4 is 5.91 Å². The number of nitrogens with two attached hydrogens (primary N) is 1. The van der Waals surface area contributed by atoms with Gasteiger partial charge in [0.25, 0.3) is 0 Å². The Morgan fingerprint density at radius 1 is 1.38 bits per heavy atom. The highest BCUT2D eigenvalue weighted by molar-refractivity contribution is 5.79. The van der Waals surface area contributed by atoms with Crippen molar-refractivity contribution in [1.29, 1.82) is 0 Å².